The number of hydrogen-bond donors (Lipinski definition) is 0. The SMILES string of the molecule is CC[C@@H]1c2nnc(C)n2-c2cnc(-c3cccnc3-c3ccccc3)nc2N1c1ccn(C)n1. The second kappa shape index (κ2) is 7.87. The van der Waals surface area contributed by atoms with Crippen LogP contribution in [-0.2, 0) is 7.05 Å². The molecule has 0 spiro atoms. The van der Waals surface area contributed by atoms with Crippen molar-refractivity contribution in [3.63, 3.8) is 0 Å². The molecule has 0 saturated carbocycles. The lowest BCUT2D eigenvalue weighted by Gasteiger charge is -2.35. The Hall–Kier alpha value is -4.40. The maximum absolute atomic E-state index is 5.10. The average molecular weight is 450 g/mol. The van der Waals surface area contributed by atoms with E-state index in [4.69, 9.17) is 15.1 Å². The summed E-state index contributed by atoms with van der Waals surface area (Å²) in [6.45, 7) is 4.09. The standard InChI is InChI=1S/C25H23N9/c1-4-19-25-30-29-16(2)33(25)20-15-27-23(28-24(20)34(19)21-12-14-32(3)31-21)18-11-8-13-26-22(18)17-9-6-5-7-10-17/h5-15,19H,4H2,1-3H3/t19-/m1/s1. The summed E-state index contributed by atoms with van der Waals surface area (Å²) >= 11 is 0. The average Bonchev–Trinajstić information content (AvgIpc) is 3.49. The normalized spacial score (nSPS) is 14.7. The zero-order valence-electron chi connectivity index (χ0n) is 19.2. The molecule has 168 valence electrons. The Morgan fingerprint density at radius 2 is 1.82 bits per heavy atom. The zero-order valence-corrected chi connectivity index (χ0v) is 19.2. The third kappa shape index (κ3) is 3.08. The molecular weight excluding hydrogens is 426 g/mol. The highest BCUT2D eigenvalue weighted by molar-refractivity contribution is 5.79. The van der Waals surface area contributed by atoms with Gasteiger partial charge in [0.05, 0.1) is 17.9 Å². The number of rotatable bonds is 4. The minimum Gasteiger partial charge on any atom is -0.297 e. The van der Waals surface area contributed by atoms with Crippen LogP contribution in [0.5, 0.6) is 0 Å². The van der Waals surface area contributed by atoms with Gasteiger partial charge in [0.2, 0.25) is 0 Å². The number of aryl methyl sites for hydroxylation is 2. The summed E-state index contributed by atoms with van der Waals surface area (Å²) in [7, 11) is 1.91. The number of pyridine rings is 1. The van der Waals surface area contributed by atoms with Crippen LogP contribution in [0.15, 0.2) is 67.1 Å². The lowest BCUT2D eigenvalue weighted by atomic mass is 10.0. The van der Waals surface area contributed by atoms with Gasteiger partial charge in [0.15, 0.2) is 23.3 Å². The predicted molar refractivity (Wildman–Crippen MR) is 129 cm³/mol. The van der Waals surface area contributed by atoms with Gasteiger partial charge in [0.1, 0.15) is 11.5 Å². The van der Waals surface area contributed by atoms with Crippen molar-refractivity contribution in [3.05, 3.63) is 78.8 Å². The van der Waals surface area contributed by atoms with Crippen LogP contribution >= 0.6 is 0 Å². The van der Waals surface area contributed by atoms with Gasteiger partial charge in [-0.2, -0.15) is 5.10 Å². The summed E-state index contributed by atoms with van der Waals surface area (Å²) in [5.74, 6) is 3.85. The van der Waals surface area contributed by atoms with Crippen LogP contribution in [0.25, 0.3) is 28.3 Å². The molecule has 34 heavy (non-hydrogen) atoms. The molecule has 1 aliphatic heterocycles. The molecule has 4 aromatic heterocycles. The van der Waals surface area contributed by atoms with E-state index in [9.17, 15) is 0 Å². The first kappa shape index (κ1) is 20.2. The first-order valence-electron chi connectivity index (χ1n) is 11.2. The van der Waals surface area contributed by atoms with Gasteiger partial charge in [-0.1, -0.05) is 37.3 Å². The third-order valence-corrected chi connectivity index (χ3v) is 6.11. The van der Waals surface area contributed by atoms with Gasteiger partial charge in [-0.15, -0.1) is 10.2 Å². The molecule has 1 atom stereocenters. The molecule has 9 heteroatoms. The van der Waals surface area contributed by atoms with E-state index in [1.54, 1.807) is 10.9 Å². The Morgan fingerprint density at radius 1 is 0.971 bits per heavy atom. The summed E-state index contributed by atoms with van der Waals surface area (Å²) in [6, 6.07) is 16.0. The van der Waals surface area contributed by atoms with Gasteiger partial charge in [0, 0.05) is 36.6 Å². The van der Waals surface area contributed by atoms with Crippen LogP contribution < -0.4 is 4.90 Å². The second-order valence-electron chi connectivity index (χ2n) is 8.25. The molecule has 0 N–H and O–H groups in total. The molecule has 6 rings (SSSR count). The Morgan fingerprint density at radius 3 is 2.59 bits per heavy atom. The Bertz CT molecular complexity index is 1490. The second-order valence-corrected chi connectivity index (χ2v) is 8.25. The van der Waals surface area contributed by atoms with Crippen molar-refractivity contribution in [2.75, 3.05) is 4.90 Å². The zero-order chi connectivity index (χ0) is 23.2. The predicted octanol–water partition coefficient (Wildman–Crippen LogP) is 4.43. The Labute approximate surface area is 196 Å². The highest BCUT2D eigenvalue weighted by Crippen LogP contribution is 2.43. The van der Waals surface area contributed by atoms with Gasteiger partial charge >= 0.3 is 0 Å². The number of hydrogen-bond acceptors (Lipinski definition) is 7. The first-order valence-corrected chi connectivity index (χ1v) is 11.2. The molecule has 0 radical (unpaired) electrons. The highest BCUT2D eigenvalue weighted by atomic mass is 15.4. The highest BCUT2D eigenvalue weighted by Gasteiger charge is 2.37. The topological polar surface area (TPSA) is 90.4 Å². The van der Waals surface area contributed by atoms with Crippen LogP contribution in [0.2, 0.25) is 0 Å². The molecule has 9 nitrogen and oxygen atoms in total. The van der Waals surface area contributed by atoms with E-state index in [-0.39, 0.29) is 6.04 Å². The van der Waals surface area contributed by atoms with Gasteiger partial charge in [-0.05, 0) is 25.5 Å². The van der Waals surface area contributed by atoms with Crippen molar-refractivity contribution in [1.29, 1.82) is 0 Å². The minimum absolute atomic E-state index is 0.0613. The van der Waals surface area contributed by atoms with Gasteiger partial charge in [0.25, 0.3) is 0 Å². The van der Waals surface area contributed by atoms with Crippen LogP contribution in [-0.4, -0.2) is 39.5 Å². The number of benzene rings is 1. The fraction of sp³-hybridized carbons (Fsp3) is 0.200. The maximum Gasteiger partial charge on any atom is 0.163 e. The molecule has 5 heterocycles. The number of anilines is 2. The molecule has 0 saturated heterocycles. The maximum atomic E-state index is 5.10. The van der Waals surface area contributed by atoms with Gasteiger partial charge in [-0.25, -0.2) is 9.97 Å². The van der Waals surface area contributed by atoms with Crippen molar-refractivity contribution in [1.82, 2.24) is 39.5 Å². The first-order chi connectivity index (χ1) is 16.7. The summed E-state index contributed by atoms with van der Waals surface area (Å²) in [4.78, 5) is 16.7. The number of aromatic nitrogens is 8. The van der Waals surface area contributed by atoms with Crippen LogP contribution in [0, 0.1) is 6.92 Å². The van der Waals surface area contributed by atoms with Gasteiger partial charge in [-0.3, -0.25) is 19.1 Å². The summed E-state index contributed by atoms with van der Waals surface area (Å²) in [5, 5.41) is 13.5. The Balaban J connectivity index is 1.59. The smallest absolute Gasteiger partial charge is 0.163 e. The van der Waals surface area contributed by atoms with E-state index < -0.39 is 0 Å². The number of fused-ring (bicyclic) bond motifs is 3. The van der Waals surface area contributed by atoms with Crippen LogP contribution in [0.1, 0.15) is 31.0 Å². The molecule has 5 aromatic rings. The van der Waals surface area contributed by atoms with Crippen molar-refractivity contribution >= 4 is 11.6 Å². The minimum atomic E-state index is -0.0613. The molecule has 1 aromatic carbocycles. The molecule has 0 bridgehead atoms. The molecular formula is C25H23N9. The lowest BCUT2D eigenvalue weighted by molar-refractivity contribution is 0.579. The molecule has 0 fully saturated rings. The van der Waals surface area contributed by atoms with Crippen molar-refractivity contribution in [2.45, 2.75) is 26.3 Å². The molecule has 0 unspecified atom stereocenters. The van der Waals surface area contributed by atoms with E-state index in [0.29, 0.717) is 5.82 Å². The van der Waals surface area contributed by atoms with Crippen molar-refractivity contribution in [3.8, 4) is 28.3 Å². The van der Waals surface area contributed by atoms with Crippen LogP contribution in [0.3, 0.4) is 0 Å². The fourth-order valence-electron chi connectivity index (χ4n) is 4.56. The lowest BCUT2D eigenvalue weighted by Crippen LogP contribution is -2.33. The molecule has 1 aliphatic rings. The van der Waals surface area contributed by atoms with E-state index >= 15 is 0 Å². The van der Waals surface area contributed by atoms with Crippen molar-refractivity contribution in [2.24, 2.45) is 7.05 Å². The van der Waals surface area contributed by atoms with Crippen LogP contribution in [0.4, 0.5) is 11.6 Å². The summed E-state index contributed by atoms with van der Waals surface area (Å²) < 4.78 is 3.84. The largest absolute Gasteiger partial charge is 0.297 e. The van der Waals surface area contributed by atoms with E-state index in [1.165, 1.54) is 0 Å². The van der Waals surface area contributed by atoms with E-state index in [2.05, 4.69) is 27.0 Å². The molecule has 0 amide bonds. The monoisotopic (exact) mass is 449 g/mol. The Kier molecular flexibility index (Phi) is 4.68. The quantitative estimate of drug-likeness (QED) is 0.401. The third-order valence-electron chi connectivity index (χ3n) is 6.11. The fourth-order valence-corrected chi connectivity index (χ4v) is 4.56. The molecule has 0 aliphatic carbocycles. The van der Waals surface area contributed by atoms with E-state index in [0.717, 1.165) is 52.2 Å². The van der Waals surface area contributed by atoms with Crippen molar-refractivity contribution < 1.29 is 0 Å². The summed E-state index contributed by atoms with van der Waals surface area (Å²) in [6.07, 6.45) is 6.39. The van der Waals surface area contributed by atoms with E-state index in [1.807, 2.05) is 79.5 Å². The summed E-state index contributed by atoms with van der Waals surface area (Å²) in [5.41, 5.74) is 3.57. The number of nitrogens with zero attached hydrogens (tertiary/aromatic N) is 9. The van der Waals surface area contributed by atoms with Gasteiger partial charge < -0.3 is 0 Å².